The highest BCUT2D eigenvalue weighted by Crippen LogP contribution is 2.32. The number of nitrogens with one attached hydrogen (secondary N) is 1. The third-order valence-corrected chi connectivity index (χ3v) is 6.30. The number of nitrogens with zero attached hydrogens (tertiary/aromatic N) is 5. The van der Waals surface area contributed by atoms with Crippen LogP contribution in [0.4, 0.5) is 10.6 Å². The van der Waals surface area contributed by atoms with E-state index < -0.39 is 30.4 Å². The first-order valence-corrected chi connectivity index (χ1v) is 12.0. The summed E-state index contributed by atoms with van der Waals surface area (Å²) in [5, 5.41) is 23.5. The molecule has 2 amide bonds. The van der Waals surface area contributed by atoms with Gasteiger partial charge in [-0.05, 0) is 38.5 Å². The van der Waals surface area contributed by atoms with Crippen LogP contribution < -0.4 is 11.1 Å². The van der Waals surface area contributed by atoms with E-state index in [0.717, 1.165) is 12.8 Å². The molecule has 0 radical (unpaired) electrons. The second-order valence-corrected chi connectivity index (χ2v) is 8.71. The highest BCUT2D eigenvalue weighted by Gasteiger charge is 2.47. The summed E-state index contributed by atoms with van der Waals surface area (Å²) in [6, 6.07) is 0. The molecule has 2 aromatic rings. The van der Waals surface area contributed by atoms with Crippen LogP contribution in [0.25, 0.3) is 11.2 Å². The molecule has 2 saturated heterocycles. The molecule has 0 saturated carbocycles. The molecular weight excluding hydrogens is 470 g/mol. The smallest absolute Gasteiger partial charge is 0.409 e. The fraction of sp³-hybridized carbons (Fsp3) is 0.609. The fourth-order valence-corrected chi connectivity index (χ4v) is 4.37. The summed E-state index contributed by atoms with van der Waals surface area (Å²) in [6.45, 7) is 5.51. The largest absolute Gasteiger partial charge is 0.450 e. The number of aromatic nitrogens is 4. The van der Waals surface area contributed by atoms with Crippen molar-refractivity contribution in [2.75, 3.05) is 32.0 Å². The maximum Gasteiger partial charge on any atom is 0.409 e. The lowest BCUT2D eigenvalue weighted by molar-refractivity contribution is -0.137. The third kappa shape index (κ3) is 5.20. The third-order valence-electron chi connectivity index (χ3n) is 6.30. The van der Waals surface area contributed by atoms with Crippen LogP contribution >= 0.6 is 0 Å². The molecule has 2 aromatic heterocycles. The van der Waals surface area contributed by atoms with Gasteiger partial charge < -0.3 is 35.6 Å². The van der Waals surface area contributed by atoms with Gasteiger partial charge in [0, 0.05) is 26.1 Å². The van der Waals surface area contributed by atoms with Crippen molar-refractivity contribution in [3.63, 3.8) is 0 Å². The van der Waals surface area contributed by atoms with Crippen molar-refractivity contribution < 1.29 is 29.3 Å². The van der Waals surface area contributed by atoms with Crippen molar-refractivity contribution in [1.29, 1.82) is 0 Å². The molecule has 2 aliphatic heterocycles. The molecule has 13 heteroatoms. The number of likely N-dealkylation sites (tertiary alicyclic amines) is 1. The summed E-state index contributed by atoms with van der Waals surface area (Å²) in [5.74, 6) is 6.14. The van der Waals surface area contributed by atoms with Gasteiger partial charge in [-0.25, -0.2) is 19.7 Å². The van der Waals surface area contributed by atoms with Gasteiger partial charge in [0.05, 0.1) is 12.9 Å². The topological polar surface area (TPSA) is 178 Å². The minimum Gasteiger partial charge on any atom is -0.450 e. The molecule has 0 bridgehead atoms. The number of anilines is 1. The Morgan fingerprint density at radius 1 is 1.25 bits per heavy atom. The van der Waals surface area contributed by atoms with E-state index in [9.17, 15) is 19.8 Å². The molecule has 2 aliphatic rings. The van der Waals surface area contributed by atoms with Crippen molar-refractivity contribution in [3.8, 4) is 11.8 Å². The van der Waals surface area contributed by atoms with Crippen molar-refractivity contribution in [3.05, 3.63) is 12.2 Å². The van der Waals surface area contributed by atoms with E-state index in [1.807, 2.05) is 0 Å². The molecule has 4 atom stereocenters. The van der Waals surface area contributed by atoms with Gasteiger partial charge in [0.2, 0.25) is 5.82 Å². The Balaban J connectivity index is 1.47. The van der Waals surface area contributed by atoms with Crippen LogP contribution in [-0.2, 0) is 14.3 Å². The number of rotatable bonds is 5. The molecule has 36 heavy (non-hydrogen) atoms. The molecule has 2 fully saturated rings. The summed E-state index contributed by atoms with van der Waals surface area (Å²) in [4.78, 5) is 38.6. The van der Waals surface area contributed by atoms with Crippen LogP contribution in [0.1, 0.15) is 45.2 Å². The number of fused-ring (bicyclic) bond motifs is 1. The predicted octanol–water partition coefficient (Wildman–Crippen LogP) is -0.226. The average Bonchev–Trinajstić information content (AvgIpc) is 3.41. The van der Waals surface area contributed by atoms with Crippen molar-refractivity contribution in [2.24, 2.45) is 5.92 Å². The van der Waals surface area contributed by atoms with Crippen LogP contribution in [-0.4, -0.2) is 91.2 Å². The van der Waals surface area contributed by atoms with Crippen LogP contribution in [0, 0.1) is 17.8 Å². The zero-order valence-electron chi connectivity index (χ0n) is 20.3. The number of hydrogen-bond acceptors (Lipinski definition) is 10. The number of ether oxygens (including phenoxy) is 2. The molecule has 0 spiro atoms. The Morgan fingerprint density at radius 3 is 2.69 bits per heavy atom. The first kappa shape index (κ1) is 25.6. The molecule has 4 heterocycles. The maximum absolute atomic E-state index is 12.2. The van der Waals surface area contributed by atoms with Gasteiger partial charge in [0.1, 0.15) is 17.7 Å². The van der Waals surface area contributed by atoms with E-state index in [1.165, 1.54) is 10.9 Å². The Hall–Kier alpha value is -3.47. The highest BCUT2D eigenvalue weighted by molar-refractivity contribution is 5.83. The van der Waals surface area contributed by atoms with Crippen LogP contribution in [0.15, 0.2) is 6.33 Å². The van der Waals surface area contributed by atoms with Gasteiger partial charge >= 0.3 is 6.09 Å². The van der Waals surface area contributed by atoms with E-state index in [4.69, 9.17) is 15.2 Å². The van der Waals surface area contributed by atoms with Crippen molar-refractivity contribution >= 4 is 29.0 Å². The molecule has 13 nitrogen and oxygen atoms in total. The van der Waals surface area contributed by atoms with Gasteiger partial charge in [-0.3, -0.25) is 9.36 Å². The average molecular weight is 502 g/mol. The first-order chi connectivity index (χ1) is 17.3. The Morgan fingerprint density at radius 2 is 2.00 bits per heavy atom. The zero-order chi connectivity index (χ0) is 25.8. The number of aliphatic hydroxyl groups is 2. The summed E-state index contributed by atoms with van der Waals surface area (Å²) < 4.78 is 12.1. The number of hydrogen-bond donors (Lipinski definition) is 4. The van der Waals surface area contributed by atoms with Gasteiger partial charge in [-0.15, -0.1) is 0 Å². The van der Waals surface area contributed by atoms with Gasteiger partial charge in [0.25, 0.3) is 5.91 Å². The molecule has 0 aliphatic carbocycles. The molecule has 0 aromatic carbocycles. The van der Waals surface area contributed by atoms with Gasteiger partial charge in [-0.2, -0.15) is 0 Å². The second kappa shape index (κ2) is 11.1. The minimum absolute atomic E-state index is 0.110. The van der Waals surface area contributed by atoms with E-state index in [1.54, 1.807) is 18.7 Å². The monoisotopic (exact) mass is 501 g/mol. The number of carbonyl (C=O) groups excluding carboxylic acids is 2. The standard InChI is InChI=1S/C23H31N7O6/c1-3-25-21(33)18-16(31)17(32)22(36-18)30-12-26-15-19(24)27-14(28-20(15)30)7-5-6-13-8-10-29(11-9-13)23(34)35-4-2/h12-13,16-18,22,31-32H,3-4,6,8-11H2,1-2H3,(H,25,33)(H2,24,27,28)/t16?,17?,18?,22-/m0/s1. The number of imidazole rings is 1. The SMILES string of the molecule is CCNC(=O)C1O[C@H](n2cnc3c(N)nc(C#CCC4CCN(C(=O)OCC)CC4)nc32)C(O)C1O. The van der Waals surface area contributed by atoms with Crippen LogP contribution in [0.2, 0.25) is 0 Å². The Bertz CT molecular complexity index is 1170. The summed E-state index contributed by atoms with van der Waals surface area (Å²) in [6.07, 6.45) is -1.80. The molecule has 3 unspecified atom stereocenters. The first-order valence-electron chi connectivity index (χ1n) is 12.0. The second-order valence-electron chi connectivity index (χ2n) is 8.71. The van der Waals surface area contributed by atoms with Crippen molar-refractivity contribution in [1.82, 2.24) is 29.7 Å². The lowest BCUT2D eigenvalue weighted by Gasteiger charge is -2.30. The van der Waals surface area contributed by atoms with E-state index >= 15 is 0 Å². The molecule has 5 N–H and O–H groups in total. The van der Waals surface area contributed by atoms with Gasteiger partial charge in [-0.1, -0.05) is 5.92 Å². The van der Waals surface area contributed by atoms with E-state index in [-0.39, 0.29) is 23.4 Å². The Kier molecular flexibility index (Phi) is 7.88. The fourth-order valence-electron chi connectivity index (χ4n) is 4.37. The molecular formula is C23H31N7O6. The predicted molar refractivity (Wildman–Crippen MR) is 127 cm³/mol. The minimum atomic E-state index is -1.42. The number of amides is 2. The lowest BCUT2D eigenvalue weighted by Crippen LogP contribution is -2.42. The van der Waals surface area contributed by atoms with E-state index in [2.05, 4.69) is 32.1 Å². The quantitative estimate of drug-likeness (QED) is 0.400. The molecule has 194 valence electrons. The van der Waals surface area contributed by atoms with E-state index in [0.29, 0.717) is 44.1 Å². The number of piperidine rings is 1. The van der Waals surface area contributed by atoms with Crippen LogP contribution in [0.3, 0.4) is 0 Å². The number of likely N-dealkylation sites (N-methyl/N-ethyl adjacent to an activating group) is 1. The Labute approximate surface area is 208 Å². The highest BCUT2D eigenvalue weighted by atomic mass is 16.6. The van der Waals surface area contributed by atoms with Gasteiger partial charge in [0.15, 0.2) is 23.8 Å². The number of carbonyl (C=O) groups is 2. The maximum atomic E-state index is 12.2. The zero-order valence-corrected chi connectivity index (χ0v) is 20.3. The summed E-state index contributed by atoms with van der Waals surface area (Å²) in [5.41, 5.74) is 6.62. The number of nitrogen functional groups attached to an aromatic ring is 1. The normalized spacial score (nSPS) is 24.4. The van der Waals surface area contributed by atoms with Crippen LogP contribution in [0.5, 0.6) is 0 Å². The number of nitrogens with two attached hydrogens (primary N) is 1. The number of aliphatic hydroxyl groups excluding tert-OH is 2. The lowest BCUT2D eigenvalue weighted by atomic mass is 9.94. The summed E-state index contributed by atoms with van der Waals surface area (Å²) in [7, 11) is 0. The summed E-state index contributed by atoms with van der Waals surface area (Å²) >= 11 is 0. The molecule has 4 rings (SSSR count). The van der Waals surface area contributed by atoms with Crippen molar-refractivity contribution in [2.45, 2.75) is 57.6 Å².